The van der Waals surface area contributed by atoms with Gasteiger partial charge in [0.25, 0.3) is 11.8 Å². The SMILES string of the molecule is Cc1ccc(NC(=O)C(Sc2cccc(NC(=O)/C(=C\c3ccc(-c4ccccc4)cc3)NC(=O)c3ccccc3)c2)c2ccccc2)cc1C. The Kier molecular flexibility index (Phi) is 11.2. The second kappa shape index (κ2) is 16.5. The Morgan fingerprint density at radius 2 is 1.22 bits per heavy atom. The van der Waals surface area contributed by atoms with Crippen LogP contribution in [0, 0.1) is 13.8 Å². The minimum absolute atomic E-state index is 0.0873. The van der Waals surface area contributed by atoms with E-state index in [1.54, 1.807) is 36.4 Å². The smallest absolute Gasteiger partial charge is 0.272 e. The molecule has 6 aromatic carbocycles. The van der Waals surface area contributed by atoms with E-state index >= 15 is 0 Å². The predicted octanol–water partition coefficient (Wildman–Crippen LogP) is 9.85. The molecule has 0 saturated heterocycles. The van der Waals surface area contributed by atoms with Gasteiger partial charge in [0.15, 0.2) is 0 Å². The predicted molar refractivity (Wildman–Crippen MR) is 208 cm³/mol. The fourth-order valence-electron chi connectivity index (χ4n) is 5.42. The molecule has 3 N–H and O–H groups in total. The van der Waals surface area contributed by atoms with Crippen LogP contribution >= 0.6 is 11.8 Å². The summed E-state index contributed by atoms with van der Waals surface area (Å²) in [6.45, 7) is 4.05. The van der Waals surface area contributed by atoms with Crippen molar-refractivity contribution in [1.29, 1.82) is 0 Å². The molecule has 0 aliphatic rings. The Morgan fingerprint density at radius 3 is 1.90 bits per heavy atom. The molecule has 1 atom stereocenters. The number of hydrogen-bond acceptors (Lipinski definition) is 4. The molecule has 7 heteroatoms. The first-order valence-electron chi connectivity index (χ1n) is 16.6. The van der Waals surface area contributed by atoms with Crippen molar-refractivity contribution in [1.82, 2.24) is 5.32 Å². The van der Waals surface area contributed by atoms with Gasteiger partial charge in [0.05, 0.1) is 0 Å². The molecular formula is C44H37N3O3S. The minimum atomic E-state index is -0.557. The standard InChI is InChI=1S/C44H37N3O3S/c1-30-21-26-38(27-31(30)2)46-44(50)41(35-15-8-4-9-16-35)51-39-20-12-19-37(29-39)45-43(49)40(47-42(48)36-17-10-5-11-18-36)28-32-22-24-34(25-23-32)33-13-6-3-7-14-33/h3-29,41H,1-2H3,(H,45,49)(H,46,50)(H,47,48)/b40-28+. The summed E-state index contributed by atoms with van der Waals surface area (Å²) < 4.78 is 0. The number of nitrogens with one attached hydrogen (secondary N) is 3. The Bertz CT molecular complexity index is 2170. The molecule has 0 aliphatic carbocycles. The van der Waals surface area contributed by atoms with Crippen molar-refractivity contribution in [3.63, 3.8) is 0 Å². The van der Waals surface area contributed by atoms with Gasteiger partial charge in [-0.25, -0.2) is 0 Å². The Balaban J connectivity index is 1.23. The van der Waals surface area contributed by atoms with Gasteiger partial charge < -0.3 is 16.0 Å². The lowest BCUT2D eigenvalue weighted by molar-refractivity contribution is -0.116. The van der Waals surface area contributed by atoms with Gasteiger partial charge in [0, 0.05) is 21.8 Å². The summed E-state index contributed by atoms with van der Waals surface area (Å²) in [7, 11) is 0. The highest BCUT2D eigenvalue weighted by molar-refractivity contribution is 8.00. The highest BCUT2D eigenvalue weighted by atomic mass is 32.2. The lowest BCUT2D eigenvalue weighted by Gasteiger charge is -2.18. The van der Waals surface area contributed by atoms with Gasteiger partial charge >= 0.3 is 0 Å². The van der Waals surface area contributed by atoms with Gasteiger partial charge in [0.2, 0.25) is 5.91 Å². The molecular weight excluding hydrogens is 651 g/mol. The van der Waals surface area contributed by atoms with Crippen LogP contribution in [0.3, 0.4) is 0 Å². The first-order chi connectivity index (χ1) is 24.8. The zero-order valence-corrected chi connectivity index (χ0v) is 29.1. The molecule has 6 nitrogen and oxygen atoms in total. The fraction of sp³-hybridized carbons (Fsp3) is 0.0682. The van der Waals surface area contributed by atoms with Crippen LogP contribution in [0.2, 0.25) is 0 Å². The summed E-state index contributed by atoms with van der Waals surface area (Å²) in [5.74, 6) is -1.04. The van der Waals surface area contributed by atoms with E-state index in [4.69, 9.17) is 0 Å². The van der Waals surface area contributed by atoms with Gasteiger partial charge in [-0.3, -0.25) is 14.4 Å². The molecule has 6 rings (SSSR count). The maximum atomic E-state index is 13.8. The third-order valence-electron chi connectivity index (χ3n) is 8.32. The minimum Gasteiger partial charge on any atom is -0.325 e. The highest BCUT2D eigenvalue weighted by Gasteiger charge is 2.23. The van der Waals surface area contributed by atoms with Gasteiger partial charge in [-0.05, 0) is 95.8 Å². The zero-order valence-electron chi connectivity index (χ0n) is 28.3. The summed E-state index contributed by atoms with van der Waals surface area (Å²) in [4.78, 5) is 41.5. The number of amides is 3. The first kappa shape index (κ1) is 34.7. The Hall–Kier alpha value is -6.18. The number of hydrogen-bond donors (Lipinski definition) is 3. The van der Waals surface area contributed by atoms with E-state index < -0.39 is 17.1 Å². The highest BCUT2D eigenvalue weighted by Crippen LogP contribution is 2.37. The van der Waals surface area contributed by atoms with Crippen molar-refractivity contribution < 1.29 is 14.4 Å². The van der Waals surface area contributed by atoms with Crippen LogP contribution in [0.4, 0.5) is 11.4 Å². The monoisotopic (exact) mass is 687 g/mol. The quantitative estimate of drug-likeness (QED) is 0.0935. The fourth-order valence-corrected chi connectivity index (χ4v) is 6.50. The van der Waals surface area contributed by atoms with Gasteiger partial charge in [-0.15, -0.1) is 11.8 Å². The van der Waals surface area contributed by atoms with Crippen molar-refractivity contribution in [2.24, 2.45) is 0 Å². The number of carbonyl (C=O) groups excluding carboxylic acids is 3. The first-order valence-corrected chi connectivity index (χ1v) is 17.4. The van der Waals surface area contributed by atoms with Crippen molar-refractivity contribution in [2.45, 2.75) is 24.0 Å². The van der Waals surface area contributed by atoms with E-state index in [1.807, 2.05) is 141 Å². The van der Waals surface area contributed by atoms with E-state index in [2.05, 4.69) is 16.0 Å². The van der Waals surface area contributed by atoms with Crippen LogP contribution in [0.25, 0.3) is 17.2 Å². The third-order valence-corrected chi connectivity index (χ3v) is 9.57. The number of anilines is 2. The molecule has 0 spiro atoms. The Morgan fingerprint density at radius 1 is 0.588 bits per heavy atom. The van der Waals surface area contributed by atoms with E-state index in [-0.39, 0.29) is 11.6 Å². The normalized spacial score (nSPS) is 11.7. The molecule has 0 bridgehead atoms. The maximum absolute atomic E-state index is 13.8. The average molecular weight is 688 g/mol. The molecule has 1 unspecified atom stereocenters. The molecule has 0 aliphatic heterocycles. The van der Waals surface area contributed by atoms with Crippen molar-refractivity contribution in [3.05, 3.63) is 191 Å². The van der Waals surface area contributed by atoms with E-state index in [9.17, 15) is 14.4 Å². The second-order valence-electron chi connectivity index (χ2n) is 12.0. The summed E-state index contributed by atoms with van der Waals surface area (Å²) >= 11 is 1.39. The van der Waals surface area contributed by atoms with Crippen LogP contribution in [-0.4, -0.2) is 17.7 Å². The van der Waals surface area contributed by atoms with Gasteiger partial charge in [0.1, 0.15) is 10.9 Å². The summed E-state index contributed by atoms with van der Waals surface area (Å²) in [5.41, 5.74) is 7.74. The lowest BCUT2D eigenvalue weighted by Crippen LogP contribution is -2.30. The van der Waals surface area contributed by atoms with E-state index in [0.29, 0.717) is 11.3 Å². The average Bonchev–Trinajstić information content (AvgIpc) is 3.16. The second-order valence-corrected chi connectivity index (χ2v) is 13.2. The third kappa shape index (κ3) is 9.29. The van der Waals surface area contributed by atoms with Crippen molar-refractivity contribution >= 4 is 46.9 Å². The summed E-state index contributed by atoms with van der Waals surface area (Å²) in [5, 5.41) is 8.29. The largest absolute Gasteiger partial charge is 0.325 e. The molecule has 0 fully saturated rings. The van der Waals surface area contributed by atoms with E-state index in [1.165, 1.54) is 11.8 Å². The number of thioether (sulfide) groups is 1. The molecule has 252 valence electrons. The maximum Gasteiger partial charge on any atom is 0.272 e. The number of carbonyl (C=O) groups is 3. The van der Waals surface area contributed by atoms with Crippen LogP contribution in [0.1, 0.15) is 37.9 Å². The summed E-state index contributed by atoms with van der Waals surface area (Å²) in [6.07, 6.45) is 1.66. The summed E-state index contributed by atoms with van der Waals surface area (Å²) in [6, 6.07) is 49.4. The molecule has 0 heterocycles. The topological polar surface area (TPSA) is 87.3 Å². The zero-order chi connectivity index (χ0) is 35.6. The molecule has 51 heavy (non-hydrogen) atoms. The van der Waals surface area contributed by atoms with Crippen molar-refractivity contribution in [3.8, 4) is 11.1 Å². The molecule has 6 aromatic rings. The van der Waals surface area contributed by atoms with Crippen LogP contribution in [0.15, 0.2) is 168 Å². The van der Waals surface area contributed by atoms with E-state index in [0.717, 1.165) is 44.0 Å². The molecule has 0 aromatic heterocycles. The number of aryl methyl sites for hydroxylation is 2. The van der Waals surface area contributed by atoms with Gasteiger partial charge in [-0.2, -0.15) is 0 Å². The molecule has 0 radical (unpaired) electrons. The van der Waals surface area contributed by atoms with Crippen LogP contribution in [-0.2, 0) is 9.59 Å². The number of rotatable bonds is 11. The number of benzene rings is 6. The Labute approximate surface area is 302 Å². The lowest BCUT2D eigenvalue weighted by atomic mass is 10.0. The van der Waals surface area contributed by atoms with Crippen molar-refractivity contribution in [2.75, 3.05) is 10.6 Å². The van der Waals surface area contributed by atoms with Crippen LogP contribution in [0.5, 0.6) is 0 Å². The molecule has 3 amide bonds. The molecule has 0 saturated carbocycles. The van der Waals surface area contributed by atoms with Crippen LogP contribution < -0.4 is 16.0 Å². The van der Waals surface area contributed by atoms with Gasteiger partial charge in [-0.1, -0.05) is 115 Å².